The molecule has 1 aromatic heterocycles. The molecule has 0 saturated carbocycles. The van der Waals surface area contributed by atoms with Crippen LogP contribution in [0.4, 0.5) is 0 Å². The van der Waals surface area contributed by atoms with Crippen molar-refractivity contribution in [1.82, 2.24) is 4.72 Å². The second-order valence-electron chi connectivity index (χ2n) is 9.50. The first-order valence-corrected chi connectivity index (χ1v) is 14.1. The van der Waals surface area contributed by atoms with Gasteiger partial charge in [-0.1, -0.05) is 57.2 Å². The topological polar surface area (TPSA) is 94.8 Å². The van der Waals surface area contributed by atoms with Crippen molar-refractivity contribution in [2.45, 2.75) is 51.7 Å². The Balaban J connectivity index is 1.44. The molecule has 0 saturated heterocycles. The van der Waals surface area contributed by atoms with Gasteiger partial charge in [0.05, 0.1) is 12.0 Å². The SMILES string of the molecule is CCc1cccc2oc(COc3ccc(-c4ccc(S(=O)(=O)NC(C(=O)OC)C(C)C)cc4)cc3)c(C)c12. The highest BCUT2D eigenvalue weighted by Crippen LogP contribution is 2.30. The molecule has 1 unspecified atom stereocenters. The highest BCUT2D eigenvalue weighted by atomic mass is 32.2. The van der Waals surface area contributed by atoms with E-state index < -0.39 is 22.0 Å². The maximum Gasteiger partial charge on any atom is 0.324 e. The van der Waals surface area contributed by atoms with Crippen molar-refractivity contribution in [1.29, 1.82) is 0 Å². The molecular formula is C30H33NO6S. The number of carbonyl (C=O) groups is 1. The Morgan fingerprint density at radius 3 is 2.18 bits per heavy atom. The van der Waals surface area contributed by atoms with Gasteiger partial charge in [-0.15, -0.1) is 0 Å². The molecule has 0 aliphatic carbocycles. The first kappa shape index (κ1) is 27.4. The van der Waals surface area contributed by atoms with Gasteiger partial charge < -0.3 is 13.9 Å². The lowest BCUT2D eigenvalue weighted by Gasteiger charge is -2.19. The van der Waals surface area contributed by atoms with Gasteiger partial charge in [0.1, 0.15) is 29.7 Å². The molecule has 1 atom stereocenters. The fourth-order valence-corrected chi connectivity index (χ4v) is 5.74. The van der Waals surface area contributed by atoms with Crippen LogP contribution in [0.15, 0.2) is 76.0 Å². The summed E-state index contributed by atoms with van der Waals surface area (Å²) in [6.07, 6.45) is 0.939. The van der Waals surface area contributed by atoms with Gasteiger partial charge in [-0.3, -0.25) is 4.79 Å². The third-order valence-electron chi connectivity index (χ3n) is 6.65. The number of methoxy groups -OCH3 is 1. The standard InChI is InChI=1S/C30H33NO6S/c1-6-21-8-7-9-26-28(21)20(4)27(37-26)18-36-24-14-10-22(11-15-24)23-12-16-25(17-13-23)38(33,34)31-29(19(2)3)30(32)35-5/h7-17,19,29,31H,6,18H2,1-5H3. The zero-order valence-electron chi connectivity index (χ0n) is 22.3. The minimum atomic E-state index is -3.90. The van der Waals surface area contributed by atoms with Crippen LogP contribution in [-0.2, 0) is 32.6 Å². The van der Waals surface area contributed by atoms with Gasteiger partial charge in [-0.25, -0.2) is 8.42 Å². The van der Waals surface area contributed by atoms with Gasteiger partial charge in [-0.05, 0) is 66.3 Å². The van der Waals surface area contributed by atoms with Crippen molar-refractivity contribution < 1.29 is 27.1 Å². The minimum Gasteiger partial charge on any atom is -0.486 e. The van der Waals surface area contributed by atoms with Gasteiger partial charge in [-0.2, -0.15) is 4.72 Å². The molecule has 7 nitrogen and oxygen atoms in total. The Hall–Kier alpha value is -3.62. The molecule has 0 aliphatic heterocycles. The molecule has 4 aromatic rings. The summed E-state index contributed by atoms with van der Waals surface area (Å²) in [5.74, 6) is 0.628. The molecule has 1 heterocycles. The van der Waals surface area contributed by atoms with E-state index in [0.29, 0.717) is 12.4 Å². The van der Waals surface area contributed by atoms with Crippen molar-refractivity contribution in [3.8, 4) is 16.9 Å². The molecule has 0 spiro atoms. The number of nitrogens with one attached hydrogen (secondary N) is 1. The normalized spacial score (nSPS) is 12.6. The van der Waals surface area contributed by atoms with E-state index in [1.165, 1.54) is 24.8 Å². The van der Waals surface area contributed by atoms with E-state index in [0.717, 1.165) is 39.8 Å². The summed E-state index contributed by atoms with van der Waals surface area (Å²) in [5, 5.41) is 1.16. The van der Waals surface area contributed by atoms with E-state index in [9.17, 15) is 13.2 Å². The maximum atomic E-state index is 12.8. The van der Waals surface area contributed by atoms with Gasteiger partial charge in [0.25, 0.3) is 0 Å². The Morgan fingerprint density at radius 1 is 0.974 bits per heavy atom. The number of fused-ring (bicyclic) bond motifs is 1. The fraction of sp³-hybridized carbons (Fsp3) is 0.300. The van der Waals surface area contributed by atoms with E-state index in [2.05, 4.69) is 24.6 Å². The largest absolute Gasteiger partial charge is 0.486 e. The van der Waals surface area contributed by atoms with Crippen molar-refractivity contribution in [3.63, 3.8) is 0 Å². The molecule has 1 N–H and O–H groups in total. The Bertz CT molecular complexity index is 1520. The lowest BCUT2D eigenvalue weighted by molar-refractivity contribution is -0.143. The second-order valence-corrected chi connectivity index (χ2v) is 11.2. The summed E-state index contributed by atoms with van der Waals surface area (Å²) >= 11 is 0. The number of sulfonamides is 1. The van der Waals surface area contributed by atoms with Crippen LogP contribution in [0.25, 0.3) is 22.1 Å². The van der Waals surface area contributed by atoms with Gasteiger partial charge >= 0.3 is 5.97 Å². The fourth-order valence-electron chi connectivity index (χ4n) is 4.41. The number of aryl methyl sites for hydroxylation is 2. The molecule has 0 bridgehead atoms. The molecule has 0 amide bonds. The van der Waals surface area contributed by atoms with Crippen LogP contribution >= 0.6 is 0 Å². The number of ether oxygens (including phenoxy) is 2. The third kappa shape index (κ3) is 5.76. The molecule has 0 radical (unpaired) electrons. The van der Waals surface area contributed by atoms with Crippen LogP contribution in [-0.4, -0.2) is 27.5 Å². The summed E-state index contributed by atoms with van der Waals surface area (Å²) in [7, 11) is -2.66. The van der Waals surface area contributed by atoms with E-state index in [4.69, 9.17) is 13.9 Å². The van der Waals surface area contributed by atoms with E-state index >= 15 is 0 Å². The molecule has 38 heavy (non-hydrogen) atoms. The van der Waals surface area contributed by atoms with E-state index in [-0.39, 0.29) is 10.8 Å². The monoisotopic (exact) mass is 535 g/mol. The Labute approximate surface area is 223 Å². The van der Waals surface area contributed by atoms with Gasteiger partial charge in [0.2, 0.25) is 10.0 Å². The van der Waals surface area contributed by atoms with Crippen LogP contribution in [0.5, 0.6) is 5.75 Å². The highest BCUT2D eigenvalue weighted by molar-refractivity contribution is 7.89. The van der Waals surface area contributed by atoms with Crippen molar-refractivity contribution in [2.75, 3.05) is 7.11 Å². The van der Waals surface area contributed by atoms with E-state index in [1.807, 2.05) is 36.4 Å². The number of rotatable bonds is 10. The van der Waals surface area contributed by atoms with Crippen LogP contribution in [0, 0.1) is 12.8 Å². The maximum absolute atomic E-state index is 12.8. The average Bonchev–Trinajstić information content (AvgIpc) is 3.25. The Kier molecular flexibility index (Phi) is 8.23. The van der Waals surface area contributed by atoms with Crippen LogP contribution in [0.3, 0.4) is 0 Å². The predicted molar refractivity (Wildman–Crippen MR) is 148 cm³/mol. The lowest BCUT2D eigenvalue weighted by Crippen LogP contribution is -2.44. The summed E-state index contributed by atoms with van der Waals surface area (Å²) in [4.78, 5) is 12.0. The van der Waals surface area contributed by atoms with Crippen molar-refractivity contribution >= 4 is 27.0 Å². The van der Waals surface area contributed by atoms with Gasteiger partial charge in [0.15, 0.2) is 0 Å². The first-order chi connectivity index (χ1) is 18.1. The van der Waals surface area contributed by atoms with Crippen LogP contribution in [0.2, 0.25) is 0 Å². The predicted octanol–water partition coefficient (Wildman–Crippen LogP) is 6.03. The van der Waals surface area contributed by atoms with E-state index in [1.54, 1.807) is 26.0 Å². The lowest BCUT2D eigenvalue weighted by atomic mass is 10.0. The van der Waals surface area contributed by atoms with Crippen LogP contribution in [0.1, 0.15) is 37.7 Å². The summed E-state index contributed by atoms with van der Waals surface area (Å²) < 4.78 is 44.9. The third-order valence-corrected chi connectivity index (χ3v) is 8.10. The minimum absolute atomic E-state index is 0.0724. The number of benzene rings is 3. The molecule has 3 aromatic carbocycles. The molecule has 200 valence electrons. The number of furan rings is 1. The van der Waals surface area contributed by atoms with Crippen LogP contribution < -0.4 is 9.46 Å². The quantitative estimate of drug-likeness (QED) is 0.249. The van der Waals surface area contributed by atoms with Gasteiger partial charge in [0, 0.05) is 10.9 Å². The number of hydrogen-bond acceptors (Lipinski definition) is 6. The molecule has 0 aliphatic rings. The molecular weight excluding hydrogens is 502 g/mol. The number of hydrogen-bond donors (Lipinski definition) is 1. The average molecular weight is 536 g/mol. The first-order valence-electron chi connectivity index (χ1n) is 12.6. The Morgan fingerprint density at radius 2 is 1.61 bits per heavy atom. The molecule has 8 heteroatoms. The zero-order chi connectivity index (χ0) is 27.4. The molecule has 4 rings (SSSR count). The number of carbonyl (C=O) groups excluding carboxylic acids is 1. The highest BCUT2D eigenvalue weighted by Gasteiger charge is 2.29. The molecule has 0 fully saturated rings. The zero-order valence-corrected chi connectivity index (χ0v) is 23.1. The summed E-state index contributed by atoms with van der Waals surface area (Å²) in [6, 6.07) is 19.2. The van der Waals surface area contributed by atoms with Crippen molar-refractivity contribution in [3.05, 3.63) is 83.6 Å². The summed E-state index contributed by atoms with van der Waals surface area (Å²) in [5.41, 5.74) is 5.00. The summed E-state index contributed by atoms with van der Waals surface area (Å²) in [6.45, 7) is 8.02. The second kappa shape index (κ2) is 11.4. The number of esters is 1. The smallest absolute Gasteiger partial charge is 0.324 e. The van der Waals surface area contributed by atoms with Crippen molar-refractivity contribution in [2.24, 2.45) is 5.92 Å².